The molecule has 0 heterocycles. The van der Waals surface area contributed by atoms with Crippen LogP contribution in [0.25, 0.3) is 6.08 Å². The lowest BCUT2D eigenvalue weighted by atomic mass is 10.1. The molecule has 0 N–H and O–H groups in total. The van der Waals surface area contributed by atoms with Crippen LogP contribution in [0.3, 0.4) is 0 Å². The zero-order valence-corrected chi connectivity index (χ0v) is 14.2. The van der Waals surface area contributed by atoms with E-state index >= 15 is 0 Å². The van der Waals surface area contributed by atoms with Crippen LogP contribution in [0.2, 0.25) is 5.02 Å². The minimum absolute atomic E-state index is 0.0476. The predicted octanol–water partition coefficient (Wildman–Crippen LogP) is 5.99. The number of hydrogen-bond donors (Lipinski definition) is 0. The first-order valence-electron chi connectivity index (χ1n) is 7.88. The van der Waals surface area contributed by atoms with Gasteiger partial charge < -0.3 is 0 Å². The van der Waals surface area contributed by atoms with Crippen LogP contribution in [-0.2, 0) is 0 Å². The number of carbonyl (C=O) groups is 1. The molecule has 25 heavy (non-hydrogen) atoms. The zero-order chi connectivity index (χ0) is 17.5. The Morgan fingerprint density at radius 3 is 2.16 bits per heavy atom. The number of hydrogen-bond acceptors (Lipinski definition) is 2. The molecule has 0 bridgehead atoms. The Balaban J connectivity index is 1.66. The Hall–Kier alpha value is -2.97. The molecule has 3 aromatic carbocycles. The van der Waals surface area contributed by atoms with E-state index in [0.29, 0.717) is 10.6 Å². The summed E-state index contributed by atoms with van der Waals surface area (Å²) in [5.41, 5.74) is 3.40. The number of carbonyl (C=O) groups excluding carboxylic acids is 1. The highest BCUT2D eigenvalue weighted by atomic mass is 35.5. The molecular weight excluding hydrogens is 330 g/mol. The van der Waals surface area contributed by atoms with Crippen molar-refractivity contribution in [3.05, 3.63) is 107 Å². The van der Waals surface area contributed by atoms with Gasteiger partial charge >= 0.3 is 0 Å². The second-order valence-corrected chi connectivity index (χ2v) is 5.90. The quantitative estimate of drug-likeness (QED) is 0.317. The predicted molar refractivity (Wildman–Crippen MR) is 105 cm³/mol. The Bertz CT molecular complexity index is 895. The maximum atomic E-state index is 12.2. The van der Waals surface area contributed by atoms with Crippen molar-refractivity contribution in [3.8, 4) is 0 Å². The Kier molecular flexibility index (Phi) is 5.55. The summed E-state index contributed by atoms with van der Waals surface area (Å²) >= 11 is 5.85. The molecule has 0 saturated heterocycles. The van der Waals surface area contributed by atoms with E-state index in [1.165, 1.54) is 0 Å². The molecule has 3 aromatic rings. The fourth-order valence-corrected chi connectivity index (χ4v) is 2.37. The third-order valence-electron chi connectivity index (χ3n) is 3.61. The van der Waals surface area contributed by atoms with E-state index < -0.39 is 0 Å². The van der Waals surface area contributed by atoms with Crippen molar-refractivity contribution in [1.82, 2.24) is 0 Å². The van der Waals surface area contributed by atoms with Crippen LogP contribution in [0.15, 0.2) is 89.9 Å². The zero-order valence-electron chi connectivity index (χ0n) is 13.5. The van der Waals surface area contributed by atoms with Crippen LogP contribution < -0.4 is 0 Å². The highest BCUT2D eigenvalue weighted by Gasteiger charge is 2.01. The number of nitrogens with zero attached hydrogens (tertiary/aromatic N) is 1. The summed E-state index contributed by atoms with van der Waals surface area (Å²) in [6, 6.07) is 24.5. The van der Waals surface area contributed by atoms with E-state index in [-0.39, 0.29) is 5.78 Å². The molecule has 0 aliphatic rings. The molecule has 0 fully saturated rings. The van der Waals surface area contributed by atoms with Crippen molar-refractivity contribution in [2.24, 2.45) is 4.99 Å². The van der Waals surface area contributed by atoms with Crippen LogP contribution in [0, 0.1) is 0 Å². The molecule has 0 aliphatic heterocycles. The van der Waals surface area contributed by atoms with Crippen LogP contribution in [0.1, 0.15) is 21.5 Å². The van der Waals surface area contributed by atoms with E-state index in [0.717, 1.165) is 16.8 Å². The van der Waals surface area contributed by atoms with Crippen LogP contribution in [0.5, 0.6) is 0 Å². The third-order valence-corrected chi connectivity index (χ3v) is 3.86. The van der Waals surface area contributed by atoms with Crippen molar-refractivity contribution >= 4 is 35.4 Å². The minimum atomic E-state index is -0.0476. The van der Waals surface area contributed by atoms with E-state index in [4.69, 9.17) is 11.6 Å². The number of halogens is 1. The summed E-state index contributed by atoms with van der Waals surface area (Å²) in [5.74, 6) is -0.0476. The molecule has 3 rings (SSSR count). The lowest BCUT2D eigenvalue weighted by Crippen LogP contribution is -1.93. The second-order valence-electron chi connectivity index (χ2n) is 5.46. The summed E-state index contributed by atoms with van der Waals surface area (Å²) in [6.07, 6.45) is 5.14. The summed E-state index contributed by atoms with van der Waals surface area (Å²) in [6.45, 7) is 0. The van der Waals surface area contributed by atoms with Gasteiger partial charge in [0.25, 0.3) is 0 Å². The first-order chi connectivity index (χ1) is 12.2. The van der Waals surface area contributed by atoms with Crippen molar-refractivity contribution in [1.29, 1.82) is 0 Å². The van der Waals surface area contributed by atoms with Crippen LogP contribution in [0.4, 0.5) is 5.69 Å². The molecular formula is C22H16ClNO. The monoisotopic (exact) mass is 345 g/mol. The average Bonchev–Trinajstić information content (AvgIpc) is 2.67. The normalized spacial score (nSPS) is 11.2. The number of rotatable bonds is 5. The first-order valence-corrected chi connectivity index (χ1v) is 8.26. The van der Waals surface area contributed by atoms with Crippen LogP contribution in [-0.4, -0.2) is 12.0 Å². The largest absolute Gasteiger partial charge is 0.289 e. The SMILES string of the molecule is O=C(/C=C\c1ccc(Cl)cc1)c1ccc(N=Cc2ccccc2)cc1. The molecule has 0 aliphatic carbocycles. The van der Waals surface area contributed by atoms with Gasteiger partial charge in [0, 0.05) is 16.8 Å². The number of ketones is 1. The Morgan fingerprint density at radius 1 is 0.800 bits per heavy atom. The van der Waals surface area contributed by atoms with Crippen molar-refractivity contribution in [2.45, 2.75) is 0 Å². The lowest BCUT2D eigenvalue weighted by Gasteiger charge is -1.98. The molecule has 0 unspecified atom stereocenters. The first kappa shape index (κ1) is 16.9. The summed E-state index contributed by atoms with van der Waals surface area (Å²) < 4.78 is 0. The average molecular weight is 346 g/mol. The fourth-order valence-electron chi connectivity index (χ4n) is 2.24. The highest BCUT2D eigenvalue weighted by Crippen LogP contribution is 2.15. The number of benzene rings is 3. The molecule has 122 valence electrons. The van der Waals surface area contributed by atoms with E-state index in [1.54, 1.807) is 42.6 Å². The summed E-state index contributed by atoms with van der Waals surface area (Å²) in [7, 11) is 0. The lowest BCUT2D eigenvalue weighted by molar-refractivity contribution is 0.104. The summed E-state index contributed by atoms with van der Waals surface area (Å²) in [4.78, 5) is 16.6. The molecule has 0 spiro atoms. The molecule has 0 radical (unpaired) electrons. The fraction of sp³-hybridized carbons (Fsp3) is 0. The van der Waals surface area contributed by atoms with E-state index in [2.05, 4.69) is 4.99 Å². The van der Waals surface area contributed by atoms with Gasteiger partial charge in [-0.1, -0.05) is 60.1 Å². The van der Waals surface area contributed by atoms with Gasteiger partial charge in [0.1, 0.15) is 0 Å². The van der Waals surface area contributed by atoms with Crippen molar-refractivity contribution in [3.63, 3.8) is 0 Å². The molecule has 0 saturated carbocycles. The standard InChI is InChI=1S/C22H16ClNO/c23-20-11-6-17(7-12-20)8-15-22(25)19-9-13-21(14-10-19)24-16-18-4-2-1-3-5-18/h1-16H/b15-8-,24-16?. The van der Waals surface area contributed by atoms with Gasteiger partial charge in [-0.05, 0) is 53.6 Å². The molecule has 0 amide bonds. The second kappa shape index (κ2) is 8.22. The van der Waals surface area contributed by atoms with Gasteiger partial charge in [0.2, 0.25) is 0 Å². The maximum absolute atomic E-state index is 12.2. The van der Waals surface area contributed by atoms with Gasteiger partial charge in [-0.15, -0.1) is 0 Å². The van der Waals surface area contributed by atoms with Gasteiger partial charge in [-0.25, -0.2) is 0 Å². The molecule has 3 heteroatoms. The Labute approximate surface area is 152 Å². The van der Waals surface area contributed by atoms with Gasteiger partial charge in [0.15, 0.2) is 5.78 Å². The van der Waals surface area contributed by atoms with Crippen molar-refractivity contribution in [2.75, 3.05) is 0 Å². The number of allylic oxidation sites excluding steroid dienone is 1. The molecule has 0 aromatic heterocycles. The molecule has 2 nitrogen and oxygen atoms in total. The molecule has 0 atom stereocenters. The summed E-state index contributed by atoms with van der Waals surface area (Å²) in [5, 5.41) is 0.676. The topological polar surface area (TPSA) is 29.4 Å². The smallest absolute Gasteiger partial charge is 0.185 e. The van der Waals surface area contributed by atoms with Crippen LogP contribution >= 0.6 is 11.6 Å². The highest BCUT2D eigenvalue weighted by molar-refractivity contribution is 6.30. The van der Waals surface area contributed by atoms with Gasteiger partial charge in [-0.3, -0.25) is 9.79 Å². The minimum Gasteiger partial charge on any atom is -0.289 e. The number of aliphatic imine (C=N–C) groups is 1. The van der Waals surface area contributed by atoms with Gasteiger partial charge in [0.05, 0.1) is 5.69 Å². The van der Waals surface area contributed by atoms with E-state index in [1.807, 2.05) is 54.6 Å². The van der Waals surface area contributed by atoms with E-state index in [9.17, 15) is 4.79 Å². The van der Waals surface area contributed by atoms with Gasteiger partial charge in [-0.2, -0.15) is 0 Å². The Morgan fingerprint density at radius 2 is 1.48 bits per heavy atom. The van der Waals surface area contributed by atoms with Crippen molar-refractivity contribution < 1.29 is 4.79 Å². The third kappa shape index (κ3) is 5.00. The maximum Gasteiger partial charge on any atom is 0.185 e.